The Morgan fingerprint density at radius 3 is 2.59 bits per heavy atom. The van der Waals surface area contributed by atoms with Crippen molar-refractivity contribution in [1.82, 2.24) is 13.9 Å². The maximum atomic E-state index is 14.2. The average molecular weight is 506 g/mol. The maximum Gasteiger partial charge on any atom is 0.243 e. The summed E-state index contributed by atoms with van der Waals surface area (Å²) >= 11 is 1.40. The minimum atomic E-state index is -3.58. The van der Waals surface area contributed by atoms with Gasteiger partial charge in [-0.2, -0.15) is 4.31 Å². The molecule has 2 fully saturated rings. The summed E-state index contributed by atoms with van der Waals surface area (Å²) in [4.78, 5) is 5.07. The molecule has 5 rings (SSSR count). The van der Waals surface area contributed by atoms with Crippen molar-refractivity contribution >= 4 is 32.8 Å². The Labute approximate surface area is 203 Å². The summed E-state index contributed by atoms with van der Waals surface area (Å²) in [5, 5.41) is 0.742. The molecule has 1 aliphatic heterocycles. The van der Waals surface area contributed by atoms with Crippen LogP contribution in [-0.4, -0.2) is 35.4 Å². The number of halogens is 2. The van der Waals surface area contributed by atoms with E-state index in [1.807, 2.05) is 6.07 Å². The van der Waals surface area contributed by atoms with Gasteiger partial charge in [0.05, 0.1) is 15.9 Å². The van der Waals surface area contributed by atoms with Crippen LogP contribution in [0, 0.1) is 17.6 Å². The lowest BCUT2D eigenvalue weighted by Gasteiger charge is -2.30. The monoisotopic (exact) mass is 505 g/mol. The van der Waals surface area contributed by atoms with Gasteiger partial charge in [0.2, 0.25) is 10.0 Å². The molecule has 182 valence electrons. The summed E-state index contributed by atoms with van der Waals surface area (Å²) in [7, 11) is -3.58. The van der Waals surface area contributed by atoms with Crippen molar-refractivity contribution in [2.45, 2.75) is 67.3 Å². The molecule has 34 heavy (non-hydrogen) atoms. The second-order valence-corrected chi connectivity index (χ2v) is 12.4. The highest BCUT2D eigenvalue weighted by atomic mass is 32.2. The molecule has 2 heterocycles. The SMILES string of the molecule is C[C@@H]1CCCN(S(=O)(=O)c2ccc3c(c2)nc(SCc2ccc(F)cc2F)n3C2CCCC2)C1. The number of benzene rings is 2. The van der Waals surface area contributed by atoms with Crippen LogP contribution < -0.4 is 0 Å². The van der Waals surface area contributed by atoms with E-state index in [9.17, 15) is 17.2 Å². The lowest BCUT2D eigenvalue weighted by molar-refractivity contribution is 0.281. The van der Waals surface area contributed by atoms with Gasteiger partial charge in [0.1, 0.15) is 11.6 Å². The topological polar surface area (TPSA) is 55.2 Å². The quantitative estimate of drug-likeness (QED) is 0.378. The smallest absolute Gasteiger partial charge is 0.243 e. The second-order valence-electron chi connectivity index (χ2n) is 9.49. The molecule has 0 N–H and O–H groups in total. The number of aromatic nitrogens is 2. The van der Waals surface area contributed by atoms with E-state index in [1.54, 1.807) is 16.4 Å². The summed E-state index contributed by atoms with van der Waals surface area (Å²) in [6.07, 6.45) is 6.28. The normalized spacial score (nSPS) is 20.4. The number of imidazole rings is 1. The number of rotatable bonds is 6. The Balaban J connectivity index is 1.49. The van der Waals surface area contributed by atoms with Crippen molar-refractivity contribution in [3.8, 4) is 0 Å². The molecular formula is C25H29F2N3O2S2. The molecule has 1 atom stereocenters. The molecule has 5 nitrogen and oxygen atoms in total. The Hall–Kier alpha value is -1.97. The fourth-order valence-electron chi connectivity index (χ4n) is 5.13. The standard InChI is InChI=1S/C25H29F2N3O2S2/c1-17-5-4-12-29(15-17)34(31,32)21-10-11-24-23(14-21)28-25(30(24)20-6-2-3-7-20)33-16-18-8-9-19(26)13-22(18)27/h8-11,13-14,17,20H,2-7,12,15-16H2,1H3/t17-/m1/s1. The van der Waals surface area contributed by atoms with E-state index in [4.69, 9.17) is 4.98 Å². The first-order chi connectivity index (χ1) is 16.3. The molecule has 2 aromatic carbocycles. The number of piperidine rings is 1. The summed E-state index contributed by atoms with van der Waals surface area (Å²) in [5.41, 5.74) is 1.96. The van der Waals surface area contributed by atoms with Gasteiger partial charge in [0.25, 0.3) is 0 Å². The first-order valence-electron chi connectivity index (χ1n) is 11.9. The molecule has 1 saturated carbocycles. The van der Waals surface area contributed by atoms with Crippen LogP contribution in [0.5, 0.6) is 0 Å². The third-order valence-electron chi connectivity index (χ3n) is 6.95. The van der Waals surface area contributed by atoms with Crippen LogP contribution in [0.4, 0.5) is 8.78 Å². The Bertz CT molecular complexity index is 1300. The van der Waals surface area contributed by atoms with Gasteiger partial charge < -0.3 is 4.57 Å². The molecule has 9 heteroatoms. The van der Waals surface area contributed by atoms with Crippen molar-refractivity contribution in [3.63, 3.8) is 0 Å². The van der Waals surface area contributed by atoms with Crippen molar-refractivity contribution in [2.24, 2.45) is 5.92 Å². The van der Waals surface area contributed by atoms with Crippen LogP contribution in [0.2, 0.25) is 0 Å². The molecule has 1 aliphatic carbocycles. The largest absolute Gasteiger partial charge is 0.316 e. The van der Waals surface area contributed by atoms with Crippen molar-refractivity contribution in [3.05, 3.63) is 53.6 Å². The lowest BCUT2D eigenvalue weighted by atomic mass is 10.0. The molecule has 0 amide bonds. The Morgan fingerprint density at radius 2 is 1.85 bits per heavy atom. The van der Waals surface area contributed by atoms with E-state index in [-0.39, 0.29) is 10.9 Å². The number of sulfonamides is 1. The fraction of sp³-hybridized carbons (Fsp3) is 0.480. The molecule has 2 aliphatic rings. The van der Waals surface area contributed by atoms with E-state index < -0.39 is 21.7 Å². The summed E-state index contributed by atoms with van der Waals surface area (Å²) < 4.78 is 57.9. The third kappa shape index (κ3) is 4.62. The van der Waals surface area contributed by atoms with Crippen LogP contribution in [0.25, 0.3) is 11.0 Å². The summed E-state index contributed by atoms with van der Waals surface area (Å²) in [6.45, 7) is 3.17. The summed E-state index contributed by atoms with van der Waals surface area (Å²) in [5.74, 6) is -0.496. The number of fused-ring (bicyclic) bond motifs is 1. The van der Waals surface area contributed by atoms with Gasteiger partial charge in [-0.05, 0) is 61.4 Å². The molecule has 0 radical (unpaired) electrons. The lowest BCUT2D eigenvalue weighted by Crippen LogP contribution is -2.39. The van der Waals surface area contributed by atoms with Crippen LogP contribution in [0.3, 0.4) is 0 Å². The van der Waals surface area contributed by atoms with Gasteiger partial charge in [0.15, 0.2) is 5.16 Å². The number of nitrogens with zero attached hydrogens (tertiary/aromatic N) is 3. The van der Waals surface area contributed by atoms with E-state index >= 15 is 0 Å². The molecule has 1 saturated heterocycles. The second kappa shape index (κ2) is 9.59. The van der Waals surface area contributed by atoms with Gasteiger partial charge in [-0.1, -0.05) is 37.6 Å². The van der Waals surface area contributed by atoms with Gasteiger partial charge >= 0.3 is 0 Å². The van der Waals surface area contributed by atoms with Crippen LogP contribution >= 0.6 is 11.8 Å². The number of thioether (sulfide) groups is 1. The van der Waals surface area contributed by atoms with Crippen LogP contribution in [0.1, 0.15) is 57.1 Å². The van der Waals surface area contributed by atoms with Gasteiger partial charge in [0, 0.05) is 31.0 Å². The van der Waals surface area contributed by atoms with Crippen molar-refractivity contribution in [1.29, 1.82) is 0 Å². The highest BCUT2D eigenvalue weighted by molar-refractivity contribution is 7.98. The fourth-order valence-corrected chi connectivity index (χ4v) is 7.82. The Kier molecular flexibility index (Phi) is 6.70. The van der Waals surface area contributed by atoms with E-state index in [0.717, 1.165) is 55.3 Å². The minimum Gasteiger partial charge on any atom is -0.316 e. The minimum absolute atomic E-state index is 0.270. The first-order valence-corrected chi connectivity index (χ1v) is 14.3. The molecular weight excluding hydrogens is 476 g/mol. The van der Waals surface area contributed by atoms with Crippen molar-refractivity contribution in [2.75, 3.05) is 13.1 Å². The molecule has 0 spiro atoms. The number of hydrogen-bond acceptors (Lipinski definition) is 4. The van der Waals surface area contributed by atoms with Crippen LogP contribution in [-0.2, 0) is 15.8 Å². The Morgan fingerprint density at radius 1 is 1.06 bits per heavy atom. The predicted molar refractivity (Wildman–Crippen MR) is 130 cm³/mol. The van der Waals surface area contributed by atoms with Crippen molar-refractivity contribution < 1.29 is 17.2 Å². The van der Waals surface area contributed by atoms with E-state index in [1.165, 1.54) is 23.9 Å². The third-order valence-corrected chi connectivity index (χ3v) is 9.81. The van der Waals surface area contributed by atoms with Gasteiger partial charge in [-0.15, -0.1) is 0 Å². The first kappa shape index (κ1) is 23.8. The molecule has 0 unspecified atom stereocenters. The average Bonchev–Trinajstić information content (AvgIpc) is 3.45. The highest BCUT2D eigenvalue weighted by Crippen LogP contribution is 2.38. The van der Waals surface area contributed by atoms with Crippen LogP contribution in [0.15, 0.2) is 46.5 Å². The molecule has 1 aromatic heterocycles. The zero-order valence-corrected chi connectivity index (χ0v) is 20.8. The maximum absolute atomic E-state index is 14.2. The zero-order chi connectivity index (χ0) is 23.9. The predicted octanol–water partition coefficient (Wildman–Crippen LogP) is 6.14. The molecule has 3 aromatic rings. The van der Waals surface area contributed by atoms with E-state index in [0.29, 0.717) is 35.8 Å². The highest BCUT2D eigenvalue weighted by Gasteiger charge is 2.30. The van der Waals surface area contributed by atoms with E-state index in [2.05, 4.69) is 11.5 Å². The van der Waals surface area contributed by atoms with Gasteiger partial charge in [-0.25, -0.2) is 22.2 Å². The summed E-state index contributed by atoms with van der Waals surface area (Å²) in [6, 6.07) is 9.15. The number of hydrogen-bond donors (Lipinski definition) is 0. The zero-order valence-electron chi connectivity index (χ0n) is 19.2. The molecule has 0 bridgehead atoms. The van der Waals surface area contributed by atoms with Gasteiger partial charge in [-0.3, -0.25) is 0 Å².